The minimum Gasteiger partial charge on any atom is -0.481 e. The molecule has 0 aliphatic carbocycles. The summed E-state index contributed by atoms with van der Waals surface area (Å²) in [5.74, 6) is -3.02. The molecule has 1 heterocycles. The molecule has 0 spiro atoms. The van der Waals surface area contributed by atoms with Gasteiger partial charge in [-0.3, -0.25) is 4.79 Å². The van der Waals surface area contributed by atoms with E-state index in [2.05, 4.69) is 0 Å². The van der Waals surface area contributed by atoms with Gasteiger partial charge in [0.15, 0.2) is 0 Å². The van der Waals surface area contributed by atoms with Crippen molar-refractivity contribution in [2.75, 3.05) is 33.4 Å². The molecule has 1 saturated heterocycles. The maximum absolute atomic E-state index is 12.7. The van der Waals surface area contributed by atoms with E-state index in [9.17, 15) is 18.0 Å². The molecule has 4 nitrogen and oxygen atoms in total. The van der Waals surface area contributed by atoms with Crippen molar-refractivity contribution < 1.29 is 27.8 Å². The van der Waals surface area contributed by atoms with Crippen LogP contribution >= 0.6 is 0 Å². The number of hydrogen-bond donors (Lipinski definition) is 1. The van der Waals surface area contributed by atoms with Gasteiger partial charge >= 0.3 is 12.1 Å². The third kappa shape index (κ3) is 4.16. The van der Waals surface area contributed by atoms with Gasteiger partial charge < -0.3 is 14.7 Å². The lowest BCUT2D eigenvalue weighted by Gasteiger charge is -2.20. The Kier molecular flexibility index (Phi) is 4.76. The zero-order valence-corrected chi connectivity index (χ0v) is 9.54. The third-order valence-electron chi connectivity index (χ3n) is 2.96. The highest BCUT2D eigenvalue weighted by Crippen LogP contribution is 2.37. The number of aliphatic carboxylic acids is 1. The molecular weight excluding hydrogens is 239 g/mol. The standard InChI is InChI=1S/C10H16F3NO3/c1-17-6-7-4-14(3-2-9(15)16)5-8(7)10(11,12)13/h7-8H,2-6H2,1H3,(H,15,16)/t7-,8+/m1/s1. The molecule has 1 fully saturated rings. The number of halogens is 3. The Morgan fingerprint density at radius 3 is 2.59 bits per heavy atom. The summed E-state index contributed by atoms with van der Waals surface area (Å²) in [6, 6.07) is 0. The smallest absolute Gasteiger partial charge is 0.393 e. The van der Waals surface area contributed by atoms with E-state index in [1.807, 2.05) is 0 Å². The average molecular weight is 255 g/mol. The fraction of sp³-hybridized carbons (Fsp3) is 0.900. The largest absolute Gasteiger partial charge is 0.481 e. The molecule has 7 heteroatoms. The van der Waals surface area contributed by atoms with Crippen LogP contribution in [-0.2, 0) is 9.53 Å². The second-order valence-corrected chi connectivity index (χ2v) is 4.27. The Morgan fingerprint density at radius 2 is 2.12 bits per heavy atom. The van der Waals surface area contributed by atoms with Gasteiger partial charge in [0, 0.05) is 32.7 Å². The fourth-order valence-electron chi connectivity index (χ4n) is 2.15. The van der Waals surface area contributed by atoms with Crippen LogP contribution in [0.25, 0.3) is 0 Å². The Hall–Kier alpha value is -0.820. The SMILES string of the molecule is COC[C@H]1CN(CCC(=O)O)C[C@@H]1C(F)(F)F. The zero-order chi connectivity index (χ0) is 13.1. The van der Waals surface area contributed by atoms with Crippen molar-refractivity contribution in [2.24, 2.45) is 11.8 Å². The molecule has 0 aromatic heterocycles. The lowest BCUT2D eigenvalue weighted by atomic mass is 9.96. The highest BCUT2D eigenvalue weighted by atomic mass is 19.4. The summed E-state index contributed by atoms with van der Waals surface area (Å²) in [5, 5.41) is 8.50. The molecule has 0 aromatic carbocycles. The Labute approximate surface area is 97.3 Å². The number of carboxylic acid groups (broad SMARTS) is 1. The van der Waals surface area contributed by atoms with Gasteiger partial charge in [0.05, 0.1) is 18.9 Å². The van der Waals surface area contributed by atoms with Crippen LogP contribution in [0, 0.1) is 11.8 Å². The van der Waals surface area contributed by atoms with Crippen molar-refractivity contribution in [1.29, 1.82) is 0 Å². The van der Waals surface area contributed by atoms with Gasteiger partial charge in [-0.05, 0) is 0 Å². The fourth-order valence-corrected chi connectivity index (χ4v) is 2.15. The summed E-state index contributed by atoms with van der Waals surface area (Å²) >= 11 is 0. The summed E-state index contributed by atoms with van der Waals surface area (Å²) in [5.41, 5.74) is 0. The predicted octanol–water partition coefficient (Wildman–Crippen LogP) is 1.22. The Morgan fingerprint density at radius 1 is 1.47 bits per heavy atom. The Bertz CT molecular complexity index is 270. The first kappa shape index (κ1) is 14.2. The topological polar surface area (TPSA) is 49.8 Å². The minimum atomic E-state index is -4.25. The molecule has 0 radical (unpaired) electrons. The highest BCUT2D eigenvalue weighted by Gasteiger charge is 2.49. The number of alkyl halides is 3. The monoisotopic (exact) mass is 255 g/mol. The van der Waals surface area contributed by atoms with Crippen LogP contribution in [0.4, 0.5) is 13.2 Å². The third-order valence-corrected chi connectivity index (χ3v) is 2.96. The summed E-state index contributed by atoms with van der Waals surface area (Å²) in [6.07, 6.45) is -4.38. The van der Waals surface area contributed by atoms with E-state index in [4.69, 9.17) is 9.84 Å². The molecule has 17 heavy (non-hydrogen) atoms. The van der Waals surface area contributed by atoms with Crippen LogP contribution in [0.15, 0.2) is 0 Å². The van der Waals surface area contributed by atoms with Crippen LogP contribution in [0.2, 0.25) is 0 Å². The van der Waals surface area contributed by atoms with E-state index in [1.54, 1.807) is 0 Å². The average Bonchev–Trinajstić information content (AvgIpc) is 2.58. The summed E-state index contributed by atoms with van der Waals surface area (Å²) in [6.45, 7) is 0.311. The second kappa shape index (κ2) is 5.68. The van der Waals surface area contributed by atoms with E-state index in [-0.39, 0.29) is 32.7 Å². The molecular formula is C10H16F3NO3. The molecule has 1 aliphatic rings. The number of likely N-dealkylation sites (tertiary alicyclic amines) is 1. The van der Waals surface area contributed by atoms with Gasteiger partial charge in [-0.1, -0.05) is 0 Å². The summed E-state index contributed by atoms with van der Waals surface area (Å²) < 4.78 is 42.9. The van der Waals surface area contributed by atoms with Crippen molar-refractivity contribution in [1.82, 2.24) is 4.90 Å². The van der Waals surface area contributed by atoms with Crippen LogP contribution in [0.3, 0.4) is 0 Å². The van der Waals surface area contributed by atoms with Crippen molar-refractivity contribution in [3.05, 3.63) is 0 Å². The first-order valence-corrected chi connectivity index (χ1v) is 5.34. The second-order valence-electron chi connectivity index (χ2n) is 4.27. The highest BCUT2D eigenvalue weighted by molar-refractivity contribution is 5.66. The van der Waals surface area contributed by atoms with Gasteiger partial charge in [0.1, 0.15) is 0 Å². The van der Waals surface area contributed by atoms with E-state index in [0.717, 1.165) is 0 Å². The van der Waals surface area contributed by atoms with Crippen molar-refractivity contribution in [3.63, 3.8) is 0 Å². The normalized spacial score (nSPS) is 26.4. The maximum Gasteiger partial charge on any atom is 0.393 e. The van der Waals surface area contributed by atoms with Crippen molar-refractivity contribution in [2.45, 2.75) is 12.6 Å². The first-order chi connectivity index (χ1) is 7.84. The van der Waals surface area contributed by atoms with Gasteiger partial charge in [0.2, 0.25) is 0 Å². The van der Waals surface area contributed by atoms with Crippen LogP contribution in [-0.4, -0.2) is 55.5 Å². The van der Waals surface area contributed by atoms with Gasteiger partial charge in [0.25, 0.3) is 0 Å². The molecule has 1 rings (SSSR count). The van der Waals surface area contributed by atoms with Gasteiger partial charge in [-0.25, -0.2) is 0 Å². The molecule has 1 N–H and O–H groups in total. The number of rotatable bonds is 5. The zero-order valence-electron chi connectivity index (χ0n) is 9.54. The number of methoxy groups -OCH3 is 1. The van der Waals surface area contributed by atoms with Gasteiger partial charge in [-0.15, -0.1) is 0 Å². The molecule has 2 atom stereocenters. The molecule has 0 unspecified atom stereocenters. The number of carboxylic acids is 1. The number of nitrogens with zero attached hydrogens (tertiary/aromatic N) is 1. The van der Waals surface area contributed by atoms with E-state index in [1.165, 1.54) is 12.0 Å². The predicted molar refractivity (Wildman–Crippen MR) is 53.6 cm³/mol. The van der Waals surface area contributed by atoms with Crippen molar-refractivity contribution >= 4 is 5.97 Å². The van der Waals surface area contributed by atoms with Crippen molar-refractivity contribution in [3.8, 4) is 0 Å². The molecule has 0 aromatic rings. The summed E-state index contributed by atoms with van der Waals surface area (Å²) in [7, 11) is 1.37. The van der Waals surface area contributed by atoms with Crippen LogP contribution in [0.5, 0.6) is 0 Å². The number of carbonyl (C=O) groups is 1. The first-order valence-electron chi connectivity index (χ1n) is 5.34. The quantitative estimate of drug-likeness (QED) is 0.802. The number of ether oxygens (including phenoxy) is 1. The molecule has 0 bridgehead atoms. The molecule has 0 saturated carbocycles. The van der Waals surface area contributed by atoms with E-state index >= 15 is 0 Å². The minimum absolute atomic E-state index is 0.0494. The lowest BCUT2D eigenvalue weighted by molar-refractivity contribution is -0.183. The summed E-state index contributed by atoms with van der Waals surface area (Å²) in [4.78, 5) is 11.9. The maximum atomic E-state index is 12.7. The lowest BCUT2D eigenvalue weighted by Crippen LogP contribution is -2.32. The van der Waals surface area contributed by atoms with E-state index < -0.39 is 24.0 Å². The molecule has 100 valence electrons. The van der Waals surface area contributed by atoms with E-state index in [0.29, 0.717) is 0 Å². The Balaban J connectivity index is 2.56. The van der Waals surface area contributed by atoms with Crippen LogP contribution < -0.4 is 0 Å². The van der Waals surface area contributed by atoms with Crippen LogP contribution in [0.1, 0.15) is 6.42 Å². The molecule has 1 aliphatic heterocycles. The number of hydrogen-bond acceptors (Lipinski definition) is 3. The van der Waals surface area contributed by atoms with Gasteiger partial charge in [-0.2, -0.15) is 13.2 Å². The molecule has 0 amide bonds.